The molecule has 0 saturated carbocycles. The Kier molecular flexibility index (Phi) is 4.34. The number of para-hydroxylation sites is 2. The predicted octanol–water partition coefficient (Wildman–Crippen LogP) is 4.72. The average molecular weight is 369 g/mol. The van der Waals surface area contributed by atoms with Crippen LogP contribution in [0.3, 0.4) is 0 Å². The highest BCUT2D eigenvalue weighted by molar-refractivity contribution is 5.85. The van der Waals surface area contributed by atoms with E-state index in [1.165, 1.54) is 33.3 Å². The van der Waals surface area contributed by atoms with Crippen LogP contribution in [0.2, 0.25) is 0 Å². The fraction of sp³-hybridized carbons (Fsp3) is 0.208. The van der Waals surface area contributed by atoms with Crippen molar-refractivity contribution in [1.82, 2.24) is 14.9 Å². The summed E-state index contributed by atoms with van der Waals surface area (Å²) in [6.45, 7) is 1.87. The van der Waals surface area contributed by atoms with E-state index < -0.39 is 0 Å². The van der Waals surface area contributed by atoms with Gasteiger partial charge >= 0.3 is 0 Å². The van der Waals surface area contributed by atoms with Crippen molar-refractivity contribution in [2.24, 2.45) is 0 Å². The van der Waals surface area contributed by atoms with Gasteiger partial charge in [-0.15, -0.1) is 0 Å². The predicted molar refractivity (Wildman–Crippen MR) is 111 cm³/mol. The molecule has 0 saturated heterocycles. The van der Waals surface area contributed by atoms with Crippen LogP contribution < -0.4 is 4.74 Å². The Hall–Kier alpha value is -3.11. The van der Waals surface area contributed by atoms with Gasteiger partial charge in [-0.05, 0) is 41.8 Å². The molecule has 0 aliphatic carbocycles. The Labute approximate surface area is 164 Å². The van der Waals surface area contributed by atoms with Gasteiger partial charge < -0.3 is 9.72 Å². The van der Waals surface area contributed by atoms with Crippen LogP contribution in [0.15, 0.2) is 73.1 Å². The molecule has 0 radical (unpaired) electrons. The lowest BCUT2D eigenvalue weighted by atomic mass is 9.91. The number of fused-ring (bicyclic) bond motifs is 3. The Balaban J connectivity index is 1.66. The Morgan fingerprint density at radius 1 is 1.04 bits per heavy atom. The van der Waals surface area contributed by atoms with Gasteiger partial charge in [0.05, 0.1) is 13.2 Å². The van der Waals surface area contributed by atoms with Crippen molar-refractivity contribution >= 4 is 10.9 Å². The number of hydrogen-bond acceptors (Lipinski definition) is 3. The van der Waals surface area contributed by atoms with Gasteiger partial charge in [-0.1, -0.05) is 36.4 Å². The van der Waals surface area contributed by atoms with E-state index in [4.69, 9.17) is 4.74 Å². The van der Waals surface area contributed by atoms with Crippen molar-refractivity contribution < 1.29 is 4.74 Å². The van der Waals surface area contributed by atoms with Crippen LogP contribution in [0.1, 0.15) is 28.4 Å². The number of hydrogen-bond donors (Lipinski definition) is 1. The number of nitrogens with zero attached hydrogens (tertiary/aromatic N) is 2. The van der Waals surface area contributed by atoms with E-state index in [-0.39, 0.29) is 6.04 Å². The lowest BCUT2D eigenvalue weighted by Gasteiger charge is -2.36. The van der Waals surface area contributed by atoms with Gasteiger partial charge in [-0.2, -0.15) is 0 Å². The second-order valence-corrected chi connectivity index (χ2v) is 7.28. The summed E-state index contributed by atoms with van der Waals surface area (Å²) in [6, 6.07) is 21.3. The van der Waals surface area contributed by atoms with Gasteiger partial charge in [0.15, 0.2) is 0 Å². The summed E-state index contributed by atoms with van der Waals surface area (Å²) in [5, 5.41) is 1.33. The molecule has 0 spiro atoms. The minimum Gasteiger partial charge on any atom is -0.496 e. The fourth-order valence-electron chi connectivity index (χ4n) is 4.43. The summed E-state index contributed by atoms with van der Waals surface area (Å²) in [5.74, 6) is 0.929. The van der Waals surface area contributed by atoms with Crippen LogP contribution in [0.4, 0.5) is 0 Å². The Morgan fingerprint density at radius 3 is 2.68 bits per heavy atom. The highest BCUT2D eigenvalue weighted by Gasteiger charge is 2.33. The Morgan fingerprint density at radius 2 is 1.82 bits per heavy atom. The third-order valence-electron chi connectivity index (χ3n) is 5.70. The summed E-state index contributed by atoms with van der Waals surface area (Å²) in [5.41, 5.74) is 6.39. The Bertz CT molecular complexity index is 1100. The largest absolute Gasteiger partial charge is 0.496 e. The molecule has 1 unspecified atom stereocenters. The molecule has 2 aromatic heterocycles. The third-order valence-corrected chi connectivity index (χ3v) is 5.70. The molecule has 0 fully saturated rings. The molecule has 1 atom stereocenters. The fourth-order valence-corrected chi connectivity index (χ4v) is 4.43. The van der Waals surface area contributed by atoms with Crippen molar-refractivity contribution in [3.05, 3.63) is 95.4 Å². The molecule has 0 amide bonds. The lowest BCUT2D eigenvalue weighted by Crippen LogP contribution is -2.35. The summed E-state index contributed by atoms with van der Waals surface area (Å²) < 4.78 is 5.74. The molecule has 4 nitrogen and oxygen atoms in total. The number of aromatic nitrogens is 2. The number of benzene rings is 2. The molecule has 0 bridgehead atoms. The summed E-state index contributed by atoms with van der Waals surface area (Å²) >= 11 is 0. The van der Waals surface area contributed by atoms with Gasteiger partial charge in [0.25, 0.3) is 0 Å². The van der Waals surface area contributed by atoms with Crippen molar-refractivity contribution in [1.29, 1.82) is 0 Å². The maximum atomic E-state index is 5.74. The van der Waals surface area contributed by atoms with Gasteiger partial charge in [0.2, 0.25) is 0 Å². The summed E-state index contributed by atoms with van der Waals surface area (Å²) in [4.78, 5) is 10.4. The van der Waals surface area contributed by atoms with Crippen LogP contribution in [0.25, 0.3) is 10.9 Å². The quantitative estimate of drug-likeness (QED) is 0.566. The molecule has 4 aromatic rings. The molecule has 28 heavy (non-hydrogen) atoms. The smallest absolute Gasteiger partial charge is 0.124 e. The zero-order valence-electron chi connectivity index (χ0n) is 15.9. The molecular weight excluding hydrogens is 346 g/mol. The average Bonchev–Trinajstić information content (AvgIpc) is 3.13. The molecular formula is C24H23N3O. The monoisotopic (exact) mass is 369 g/mol. The van der Waals surface area contributed by atoms with E-state index in [9.17, 15) is 0 Å². The number of pyridine rings is 1. The van der Waals surface area contributed by atoms with Crippen molar-refractivity contribution in [2.45, 2.75) is 19.0 Å². The normalized spacial score (nSPS) is 16.8. The van der Waals surface area contributed by atoms with Crippen LogP contribution in [0.5, 0.6) is 5.75 Å². The van der Waals surface area contributed by atoms with E-state index in [1.54, 1.807) is 7.11 Å². The first-order valence-electron chi connectivity index (χ1n) is 9.70. The van der Waals surface area contributed by atoms with Crippen LogP contribution in [-0.4, -0.2) is 28.5 Å². The van der Waals surface area contributed by atoms with Gasteiger partial charge in [0, 0.05) is 47.6 Å². The number of H-pyrrole nitrogens is 1. The second kappa shape index (κ2) is 7.13. The first kappa shape index (κ1) is 17.0. The summed E-state index contributed by atoms with van der Waals surface area (Å²) in [7, 11) is 1.75. The second-order valence-electron chi connectivity index (χ2n) is 7.28. The molecule has 1 aliphatic rings. The van der Waals surface area contributed by atoms with Gasteiger partial charge in [-0.3, -0.25) is 9.88 Å². The number of aromatic amines is 1. The highest BCUT2D eigenvalue weighted by Crippen LogP contribution is 2.41. The minimum absolute atomic E-state index is 0.125. The summed E-state index contributed by atoms with van der Waals surface area (Å²) in [6.07, 6.45) is 4.77. The first-order valence-corrected chi connectivity index (χ1v) is 9.70. The molecule has 2 aromatic carbocycles. The van der Waals surface area contributed by atoms with Crippen LogP contribution >= 0.6 is 0 Å². The first-order chi connectivity index (χ1) is 13.8. The number of ether oxygens (including phenoxy) is 1. The molecule has 1 aliphatic heterocycles. The molecule has 3 heterocycles. The van der Waals surface area contributed by atoms with Crippen LogP contribution in [0, 0.1) is 0 Å². The number of nitrogens with one attached hydrogen (secondary N) is 1. The maximum absolute atomic E-state index is 5.74. The molecule has 1 N–H and O–H groups in total. The van der Waals surface area contributed by atoms with Gasteiger partial charge in [0.1, 0.15) is 5.75 Å². The lowest BCUT2D eigenvalue weighted by molar-refractivity contribution is 0.198. The van der Waals surface area contributed by atoms with E-state index in [1.807, 2.05) is 18.5 Å². The number of methoxy groups -OCH3 is 1. The maximum Gasteiger partial charge on any atom is 0.124 e. The zero-order chi connectivity index (χ0) is 18.9. The topological polar surface area (TPSA) is 41.1 Å². The van der Waals surface area contributed by atoms with E-state index in [0.717, 1.165) is 25.3 Å². The van der Waals surface area contributed by atoms with Crippen molar-refractivity contribution in [3.63, 3.8) is 0 Å². The van der Waals surface area contributed by atoms with Gasteiger partial charge in [-0.25, -0.2) is 0 Å². The van der Waals surface area contributed by atoms with Crippen molar-refractivity contribution in [2.75, 3.05) is 13.7 Å². The molecule has 4 heteroatoms. The standard InChI is InChI=1S/C24H23N3O/c1-28-22-9-5-3-7-20(22)24-23-19(18-6-2-4-8-21(18)26-23)12-15-27(24)16-17-10-13-25-14-11-17/h2-11,13-14,24,26H,12,15-16H2,1H3. The molecule has 140 valence electrons. The van der Waals surface area contributed by atoms with E-state index in [2.05, 4.69) is 69.5 Å². The van der Waals surface area contributed by atoms with E-state index >= 15 is 0 Å². The molecule has 5 rings (SSSR count). The SMILES string of the molecule is COc1ccccc1C1c2[nH]c3ccccc3c2CCN1Cc1ccncc1. The zero-order valence-corrected chi connectivity index (χ0v) is 15.9. The van der Waals surface area contributed by atoms with E-state index in [0.29, 0.717) is 0 Å². The van der Waals surface area contributed by atoms with Crippen LogP contribution in [-0.2, 0) is 13.0 Å². The number of rotatable bonds is 4. The third kappa shape index (κ3) is 2.86. The van der Waals surface area contributed by atoms with Crippen molar-refractivity contribution in [3.8, 4) is 5.75 Å². The highest BCUT2D eigenvalue weighted by atomic mass is 16.5. The minimum atomic E-state index is 0.125.